The van der Waals surface area contributed by atoms with Crippen molar-refractivity contribution in [3.63, 3.8) is 0 Å². The molecular formula is C24H47N3O6SSi2. The Labute approximate surface area is 220 Å². The second kappa shape index (κ2) is 10.6. The summed E-state index contributed by atoms with van der Waals surface area (Å²) >= 11 is 0. The van der Waals surface area contributed by atoms with E-state index < -0.39 is 38.8 Å². The van der Waals surface area contributed by atoms with Gasteiger partial charge in [0.2, 0.25) is 0 Å². The van der Waals surface area contributed by atoms with Gasteiger partial charge >= 0.3 is 10.2 Å². The maximum Gasteiger partial charge on any atom is 0.308 e. The Balaban J connectivity index is 2.56. The van der Waals surface area contributed by atoms with E-state index in [9.17, 15) is 8.42 Å². The number of rotatable bonds is 10. The summed E-state index contributed by atoms with van der Waals surface area (Å²) in [5, 5.41) is -0.0784. The molecule has 0 N–H and O–H groups in total. The SMILES string of the molecule is COCO[C@H]1C=C(c2cnc([Si](C)(C)C(C)(C)C)n2S(=O)(=O)N(C)C)O[C@@H]1CO[Si](C)(C)C(C)(C)C. The van der Waals surface area contributed by atoms with Gasteiger partial charge in [-0.05, 0) is 29.2 Å². The lowest BCUT2D eigenvalue weighted by Gasteiger charge is -2.37. The summed E-state index contributed by atoms with van der Waals surface area (Å²) in [6.07, 6.45) is 2.53. The zero-order valence-corrected chi connectivity index (χ0v) is 27.2. The molecule has 0 spiro atoms. The molecule has 2 heterocycles. The molecular weight excluding hydrogens is 515 g/mol. The minimum absolute atomic E-state index is 0.0429. The van der Waals surface area contributed by atoms with Crippen molar-refractivity contribution in [2.75, 3.05) is 34.6 Å². The third-order valence-corrected chi connectivity index (χ3v) is 19.5. The van der Waals surface area contributed by atoms with Crippen molar-refractivity contribution < 1.29 is 27.1 Å². The Hall–Kier alpha value is -1.03. The maximum absolute atomic E-state index is 13.6. The Kier molecular flexibility index (Phi) is 9.20. The Morgan fingerprint density at radius 1 is 1.08 bits per heavy atom. The zero-order chi connectivity index (χ0) is 27.9. The third kappa shape index (κ3) is 6.16. The molecule has 0 saturated heterocycles. The van der Waals surface area contributed by atoms with Crippen molar-refractivity contribution in [2.45, 2.75) is 90.0 Å². The van der Waals surface area contributed by atoms with Gasteiger partial charge in [0, 0.05) is 21.2 Å². The van der Waals surface area contributed by atoms with E-state index in [0.29, 0.717) is 23.5 Å². The fourth-order valence-corrected chi connectivity index (χ4v) is 7.97. The monoisotopic (exact) mass is 561 g/mol. The largest absolute Gasteiger partial charge is 0.483 e. The highest BCUT2D eigenvalue weighted by molar-refractivity contribution is 7.87. The molecule has 0 amide bonds. The number of hydrogen-bond donors (Lipinski definition) is 0. The van der Waals surface area contributed by atoms with Crippen molar-refractivity contribution in [2.24, 2.45) is 0 Å². The minimum Gasteiger partial charge on any atom is -0.483 e. The summed E-state index contributed by atoms with van der Waals surface area (Å²) < 4.78 is 53.5. The predicted molar refractivity (Wildman–Crippen MR) is 150 cm³/mol. The molecule has 12 heteroatoms. The maximum atomic E-state index is 13.6. The molecule has 9 nitrogen and oxygen atoms in total. The molecule has 0 fully saturated rings. The van der Waals surface area contributed by atoms with Gasteiger partial charge in [-0.2, -0.15) is 12.7 Å². The molecule has 0 bridgehead atoms. The van der Waals surface area contributed by atoms with E-state index >= 15 is 0 Å². The smallest absolute Gasteiger partial charge is 0.308 e. The number of nitrogens with zero attached hydrogens (tertiary/aromatic N) is 3. The van der Waals surface area contributed by atoms with Crippen LogP contribution >= 0.6 is 0 Å². The quantitative estimate of drug-likeness (QED) is 0.315. The molecule has 2 atom stereocenters. The van der Waals surface area contributed by atoms with Crippen LogP contribution in [-0.4, -0.2) is 84.9 Å². The molecule has 1 aliphatic rings. The van der Waals surface area contributed by atoms with Gasteiger partial charge in [-0.1, -0.05) is 54.6 Å². The fraction of sp³-hybridized carbons (Fsp3) is 0.792. The van der Waals surface area contributed by atoms with Gasteiger partial charge in [-0.15, -0.1) is 0 Å². The second-order valence-corrected chi connectivity index (χ2v) is 24.7. The summed E-state index contributed by atoms with van der Waals surface area (Å²) in [5.74, 6) is 0.419. The highest BCUT2D eigenvalue weighted by Gasteiger charge is 2.45. The Morgan fingerprint density at radius 3 is 2.14 bits per heavy atom. The highest BCUT2D eigenvalue weighted by atomic mass is 32.2. The van der Waals surface area contributed by atoms with Gasteiger partial charge in [0.1, 0.15) is 37.9 Å². The topological polar surface area (TPSA) is 92.1 Å². The minimum atomic E-state index is -3.87. The van der Waals surface area contributed by atoms with E-state index in [1.54, 1.807) is 13.3 Å². The first-order valence-corrected chi connectivity index (χ1v) is 19.6. The number of ether oxygens (including phenoxy) is 3. The fourth-order valence-electron chi connectivity index (χ4n) is 3.26. The number of hydrogen-bond acceptors (Lipinski definition) is 7. The van der Waals surface area contributed by atoms with Crippen LogP contribution in [0.2, 0.25) is 36.3 Å². The van der Waals surface area contributed by atoms with Gasteiger partial charge in [0.05, 0.1) is 12.8 Å². The van der Waals surface area contributed by atoms with Crippen molar-refractivity contribution in [1.29, 1.82) is 0 Å². The van der Waals surface area contributed by atoms with Gasteiger partial charge in [0.15, 0.2) is 14.4 Å². The van der Waals surface area contributed by atoms with Gasteiger partial charge in [0.25, 0.3) is 0 Å². The average molecular weight is 562 g/mol. The van der Waals surface area contributed by atoms with Gasteiger partial charge in [-0.25, -0.2) is 8.96 Å². The van der Waals surface area contributed by atoms with E-state index in [0.717, 1.165) is 0 Å². The molecule has 0 unspecified atom stereocenters. The van der Waals surface area contributed by atoms with E-state index in [1.165, 1.54) is 22.4 Å². The molecule has 36 heavy (non-hydrogen) atoms. The molecule has 0 saturated carbocycles. The third-order valence-electron chi connectivity index (χ3n) is 7.85. The van der Waals surface area contributed by atoms with Crippen LogP contribution in [0.5, 0.6) is 0 Å². The number of imidazole rings is 1. The molecule has 0 aromatic carbocycles. The lowest BCUT2D eigenvalue weighted by molar-refractivity contribution is -0.0904. The predicted octanol–water partition coefficient (Wildman–Crippen LogP) is 4.00. The van der Waals surface area contributed by atoms with Crippen LogP contribution in [-0.2, 0) is 28.8 Å². The Morgan fingerprint density at radius 2 is 1.67 bits per heavy atom. The van der Waals surface area contributed by atoms with E-state index in [-0.39, 0.29) is 16.9 Å². The first kappa shape index (κ1) is 31.2. The van der Waals surface area contributed by atoms with Crippen molar-refractivity contribution in [1.82, 2.24) is 13.3 Å². The lowest BCUT2D eigenvalue weighted by Crippen LogP contribution is -2.56. The first-order valence-electron chi connectivity index (χ1n) is 12.3. The average Bonchev–Trinajstić information content (AvgIpc) is 3.33. The van der Waals surface area contributed by atoms with Crippen molar-refractivity contribution >= 4 is 37.8 Å². The molecule has 2 rings (SSSR count). The number of aromatic nitrogens is 2. The van der Waals surface area contributed by atoms with Crippen LogP contribution in [0.3, 0.4) is 0 Å². The van der Waals surface area contributed by atoms with Crippen molar-refractivity contribution in [3.05, 3.63) is 18.0 Å². The Bertz CT molecular complexity index is 1050. The summed E-state index contributed by atoms with van der Waals surface area (Å²) in [4.78, 5) is 4.69. The van der Waals surface area contributed by atoms with Gasteiger partial charge in [-0.3, -0.25) is 0 Å². The van der Waals surface area contributed by atoms with E-state index in [4.69, 9.17) is 18.6 Å². The normalized spacial score (nSPS) is 20.1. The molecule has 0 aliphatic carbocycles. The van der Waals surface area contributed by atoms with Crippen LogP contribution < -0.4 is 5.45 Å². The summed E-state index contributed by atoms with van der Waals surface area (Å²) in [7, 11) is -3.63. The van der Waals surface area contributed by atoms with E-state index in [1.807, 2.05) is 6.08 Å². The zero-order valence-electron chi connectivity index (χ0n) is 24.4. The standard InChI is InChI=1S/C24H47N3O6SSi2/c1-23(2,3)35(10,11)22-25-15-18(27(22)34(28,29)26(7)8)19-14-20(31-17-30-9)21(33-19)16-32-36(12,13)24(4,5)6/h14-15,20-21H,16-17H2,1-13H3/t20-,21+/m0/s1. The van der Waals surface area contributed by atoms with Crippen LogP contribution in [0, 0.1) is 0 Å². The molecule has 1 aliphatic heterocycles. The molecule has 1 aromatic heterocycles. The summed E-state index contributed by atoms with van der Waals surface area (Å²) in [6, 6.07) is 0. The molecule has 208 valence electrons. The van der Waals surface area contributed by atoms with Crippen LogP contribution in [0.25, 0.3) is 5.76 Å². The van der Waals surface area contributed by atoms with Crippen molar-refractivity contribution in [3.8, 4) is 0 Å². The van der Waals surface area contributed by atoms with Crippen LogP contribution in [0.4, 0.5) is 0 Å². The second-order valence-electron chi connectivity index (χ2n) is 12.7. The molecule has 1 aromatic rings. The first-order chi connectivity index (χ1) is 16.2. The summed E-state index contributed by atoms with van der Waals surface area (Å²) in [6.45, 7) is 22.0. The number of methoxy groups -OCH3 is 1. The highest BCUT2D eigenvalue weighted by Crippen LogP contribution is 2.39. The lowest BCUT2D eigenvalue weighted by atomic mass is 10.2. The summed E-state index contributed by atoms with van der Waals surface area (Å²) in [5.41, 5.74) is 0.975. The van der Waals surface area contributed by atoms with E-state index in [2.05, 4.69) is 72.7 Å². The van der Waals surface area contributed by atoms with Crippen LogP contribution in [0.1, 0.15) is 47.2 Å². The van der Waals surface area contributed by atoms with Gasteiger partial charge < -0.3 is 18.6 Å². The molecule has 0 radical (unpaired) electrons. The van der Waals surface area contributed by atoms with Crippen LogP contribution in [0.15, 0.2) is 12.3 Å².